The molecule has 0 fully saturated rings. The Balaban J connectivity index is 1.07. The summed E-state index contributed by atoms with van der Waals surface area (Å²) < 4.78 is 14.5. The first kappa shape index (κ1) is 38.9. The summed E-state index contributed by atoms with van der Waals surface area (Å²) in [4.78, 5) is 0. The zero-order chi connectivity index (χ0) is 44.6. The van der Waals surface area contributed by atoms with E-state index >= 15 is 0 Å². The number of benzene rings is 8. The number of thiophene rings is 2. The first-order valence-electron chi connectivity index (χ1n) is 23.6. The summed E-state index contributed by atoms with van der Waals surface area (Å²) in [7, 11) is 0.832. The molecule has 0 amide bonds. The average molecular weight is 889 g/mol. The van der Waals surface area contributed by atoms with Crippen molar-refractivity contribution in [3.63, 3.8) is 0 Å². The second-order valence-corrected chi connectivity index (χ2v) is 23.8. The third-order valence-corrected chi connectivity index (χ3v) is 17.9. The maximum absolute atomic E-state index is 6.56. The molecule has 1 aliphatic heterocycles. The summed E-state index contributed by atoms with van der Waals surface area (Å²) in [5.41, 5.74) is 17.8. The van der Waals surface area contributed by atoms with Gasteiger partial charge < -0.3 is 14.3 Å². The number of hydrogen-bond acceptors (Lipinski definition) is 4. The number of nitrogens with zero attached hydrogens (tertiary/aromatic N) is 1. The number of para-hydroxylation sites is 1. The lowest BCUT2D eigenvalue weighted by molar-refractivity contribution is 0.332. The lowest BCUT2D eigenvalue weighted by Crippen LogP contribution is -2.37. The second-order valence-electron chi connectivity index (χ2n) is 21.6. The van der Waals surface area contributed by atoms with Crippen molar-refractivity contribution in [2.75, 3.05) is 5.32 Å². The minimum atomic E-state index is 0.0717. The van der Waals surface area contributed by atoms with Crippen LogP contribution in [0.2, 0.25) is 0 Å². The second kappa shape index (κ2) is 13.2. The van der Waals surface area contributed by atoms with Crippen molar-refractivity contribution < 1.29 is 4.42 Å². The van der Waals surface area contributed by atoms with E-state index in [1.54, 1.807) is 0 Å². The summed E-state index contributed by atoms with van der Waals surface area (Å²) in [6, 6.07) is 50.9. The molecule has 0 atom stereocenters. The van der Waals surface area contributed by atoms with Gasteiger partial charge >= 0.3 is 0 Å². The molecule has 1 aliphatic carbocycles. The summed E-state index contributed by atoms with van der Waals surface area (Å²) in [6.07, 6.45) is 2.40. The van der Waals surface area contributed by atoms with Crippen LogP contribution in [0.1, 0.15) is 78.0 Å². The number of aromatic nitrogens is 1. The van der Waals surface area contributed by atoms with Gasteiger partial charge in [0.1, 0.15) is 11.2 Å². The highest BCUT2D eigenvalue weighted by Gasteiger charge is 2.38. The molecular formula is C60H49BN2OS2. The highest BCUT2D eigenvalue weighted by atomic mass is 32.1. The molecule has 5 heterocycles. The van der Waals surface area contributed by atoms with Crippen LogP contribution in [0.3, 0.4) is 0 Å². The van der Waals surface area contributed by atoms with Gasteiger partial charge in [-0.05, 0) is 130 Å². The molecule has 0 radical (unpaired) electrons. The predicted molar refractivity (Wildman–Crippen MR) is 289 cm³/mol. The van der Waals surface area contributed by atoms with Crippen molar-refractivity contribution >= 4 is 136 Å². The van der Waals surface area contributed by atoms with Crippen LogP contribution in [0.4, 0.5) is 11.4 Å². The van der Waals surface area contributed by atoms with Gasteiger partial charge in [-0.25, -0.2) is 0 Å². The maximum atomic E-state index is 6.56. The van der Waals surface area contributed by atoms with E-state index in [2.05, 4.69) is 192 Å². The number of anilines is 2. The van der Waals surface area contributed by atoms with E-state index < -0.39 is 0 Å². The van der Waals surface area contributed by atoms with Crippen molar-refractivity contribution in [1.82, 2.24) is 4.57 Å². The molecular weight excluding hydrogens is 840 g/mol. The average Bonchev–Trinajstić information content (AvgIpc) is 4.05. The normalized spacial score (nSPS) is 15.4. The fraction of sp³-hybridized carbons (Fsp3) is 0.200. The molecule has 12 aromatic rings. The summed E-state index contributed by atoms with van der Waals surface area (Å²) in [5.74, 6) is 0. The molecule has 66 heavy (non-hydrogen) atoms. The molecule has 14 rings (SSSR count). The van der Waals surface area contributed by atoms with Gasteiger partial charge in [0, 0.05) is 90.0 Å². The van der Waals surface area contributed by atoms with Gasteiger partial charge in [-0.3, -0.25) is 0 Å². The third-order valence-electron chi connectivity index (χ3n) is 15.6. The van der Waals surface area contributed by atoms with Crippen LogP contribution in [-0.2, 0) is 16.2 Å². The Morgan fingerprint density at radius 3 is 2.06 bits per heavy atom. The van der Waals surface area contributed by atoms with Crippen LogP contribution in [-0.4, -0.2) is 11.8 Å². The van der Waals surface area contributed by atoms with Gasteiger partial charge in [0.2, 0.25) is 0 Å². The predicted octanol–water partition coefficient (Wildman–Crippen LogP) is 16.2. The molecule has 4 aromatic heterocycles. The van der Waals surface area contributed by atoms with Crippen molar-refractivity contribution in [1.29, 1.82) is 0 Å². The molecule has 3 nitrogen and oxygen atoms in total. The Morgan fingerprint density at radius 2 is 1.26 bits per heavy atom. The number of fused-ring (bicyclic) bond motifs is 16. The highest BCUT2D eigenvalue weighted by molar-refractivity contribution is 7.26. The van der Waals surface area contributed by atoms with Gasteiger partial charge in [0.15, 0.2) is 7.28 Å². The Kier molecular flexibility index (Phi) is 7.77. The minimum Gasteiger partial charge on any atom is -0.456 e. The fourth-order valence-electron chi connectivity index (χ4n) is 11.9. The first-order chi connectivity index (χ1) is 31.8. The molecule has 0 bridgehead atoms. The van der Waals surface area contributed by atoms with Crippen LogP contribution >= 0.6 is 22.7 Å². The molecule has 2 aliphatic rings. The standard InChI is InChI=1S/C60H49BN2OS2/c1-58(2,3)32-16-18-33(19-17-32)62-45-27-40-39-26-42-43(60(6,7)25-24-59(42,4)5)30-52(39)66-51(40)29-38(45)35-20-21-37-54-46(22-23-49-55(54)36-13-8-10-14-48(36)64-49)63-47-28-41-34-12-9-11-15-50(34)65-53(41)31-44(47)61-56(35)57(37)63/h8-23,26-31,61-62H,24-25H2,1-7H3. The largest absolute Gasteiger partial charge is 0.456 e. The Bertz CT molecular complexity index is 4090. The summed E-state index contributed by atoms with van der Waals surface area (Å²) in [6.45, 7) is 16.6. The monoisotopic (exact) mass is 888 g/mol. The van der Waals surface area contributed by atoms with Gasteiger partial charge in [-0.2, -0.15) is 0 Å². The number of rotatable bonds is 3. The third kappa shape index (κ3) is 5.43. The van der Waals surface area contributed by atoms with E-state index in [0.717, 1.165) is 35.2 Å². The van der Waals surface area contributed by atoms with E-state index in [4.69, 9.17) is 4.42 Å². The van der Waals surface area contributed by atoms with E-state index in [1.165, 1.54) is 125 Å². The van der Waals surface area contributed by atoms with Crippen LogP contribution in [0.25, 0.3) is 101 Å². The highest BCUT2D eigenvalue weighted by Crippen LogP contribution is 2.51. The number of hydrogen-bond donors (Lipinski definition) is 1. The molecule has 320 valence electrons. The molecule has 8 aromatic carbocycles. The Morgan fingerprint density at radius 1 is 0.576 bits per heavy atom. The summed E-state index contributed by atoms with van der Waals surface area (Å²) >= 11 is 3.86. The first-order valence-corrected chi connectivity index (χ1v) is 25.2. The van der Waals surface area contributed by atoms with Gasteiger partial charge in [-0.1, -0.05) is 115 Å². The molecule has 6 heteroatoms. The van der Waals surface area contributed by atoms with E-state index in [-0.39, 0.29) is 16.2 Å². The molecule has 1 N–H and O–H groups in total. The Hall–Kier alpha value is -6.34. The smallest absolute Gasteiger partial charge is 0.198 e. The van der Waals surface area contributed by atoms with Crippen molar-refractivity contribution in [2.24, 2.45) is 0 Å². The number of nitrogens with one attached hydrogen (secondary N) is 1. The van der Waals surface area contributed by atoms with Crippen molar-refractivity contribution in [3.8, 4) is 16.8 Å². The zero-order valence-electron chi connectivity index (χ0n) is 38.5. The van der Waals surface area contributed by atoms with Crippen LogP contribution in [0.15, 0.2) is 138 Å². The lowest BCUT2D eigenvalue weighted by Gasteiger charge is -2.41. The van der Waals surface area contributed by atoms with E-state index in [1.807, 2.05) is 22.7 Å². The summed E-state index contributed by atoms with van der Waals surface area (Å²) in [5, 5.41) is 14.3. The van der Waals surface area contributed by atoms with Crippen molar-refractivity contribution in [2.45, 2.75) is 77.6 Å². The quantitative estimate of drug-likeness (QED) is 0.179. The SMILES string of the molecule is CC(C)(C)c1ccc(Nc2cc3c(cc2-c2ccc4c5c6c(ccc5n5c4c2Bc2cc4sc7ccccc7c4cc2-5)oc2ccccc26)sc2cc4c(cc23)C(C)(C)CCC4(C)C)cc1. The van der Waals surface area contributed by atoms with Crippen molar-refractivity contribution in [3.05, 3.63) is 150 Å². The fourth-order valence-corrected chi connectivity index (χ4v) is 14.2. The zero-order valence-corrected chi connectivity index (χ0v) is 40.1. The maximum Gasteiger partial charge on any atom is 0.198 e. The topological polar surface area (TPSA) is 30.1 Å². The molecule has 0 saturated carbocycles. The minimum absolute atomic E-state index is 0.0717. The van der Waals surface area contributed by atoms with Crippen LogP contribution in [0.5, 0.6) is 0 Å². The number of furan rings is 1. The molecule has 0 spiro atoms. The van der Waals surface area contributed by atoms with Gasteiger partial charge in [0.05, 0.1) is 5.52 Å². The van der Waals surface area contributed by atoms with E-state index in [0.29, 0.717) is 0 Å². The van der Waals surface area contributed by atoms with Gasteiger partial charge in [-0.15, -0.1) is 22.7 Å². The van der Waals surface area contributed by atoms with Crippen LogP contribution < -0.4 is 16.2 Å². The Labute approximate surface area is 392 Å². The molecule has 0 saturated heterocycles. The molecule has 0 unspecified atom stereocenters. The van der Waals surface area contributed by atoms with Gasteiger partial charge in [0.25, 0.3) is 0 Å². The van der Waals surface area contributed by atoms with E-state index in [9.17, 15) is 0 Å². The van der Waals surface area contributed by atoms with Crippen LogP contribution in [0, 0.1) is 0 Å². The lowest BCUT2D eigenvalue weighted by atomic mass is 9.59.